The predicted molar refractivity (Wildman–Crippen MR) is 117 cm³/mol. The van der Waals surface area contributed by atoms with E-state index in [9.17, 15) is 9.18 Å². The lowest BCUT2D eigenvalue weighted by atomic mass is 10.0. The Balaban J connectivity index is 1.92. The molecule has 1 amide bonds. The van der Waals surface area contributed by atoms with Crippen LogP contribution < -0.4 is 11.1 Å². The van der Waals surface area contributed by atoms with Crippen molar-refractivity contribution in [2.75, 3.05) is 13.1 Å². The first-order valence-corrected chi connectivity index (χ1v) is 10.2. The Kier molecular flexibility index (Phi) is 6.54. The summed E-state index contributed by atoms with van der Waals surface area (Å²) in [6.45, 7) is 6.78. The number of nitrogens with one attached hydrogen (secondary N) is 1. The van der Waals surface area contributed by atoms with Crippen LogP contribution in [-0.2, 0) is 11.8 Å². The van der Waals surface area contributed by atoms with Crippen LogP contribution in [0.1, 0.15) is 33.6 Å². The van der Waals surface area contributed by atoms with Crippen LogP contribution in [0.25, 0.3) is 11.1 Å². The summed E-state index contributed by atoms with van der Waals surface area (Å²) in [5, 5.41) is 7.57. The average molecular weight is 413 g/mol. The lowest BCUT2D eigenvalue weighted by Crippen LogP contribution is -2.42. The number of halogens is 1. The van der Waals surface area contributed by atoms with E-state index < -0.39 is 5.82 Å². The molecule has 160 valence electrons. The molecule has 2 aromatic rings. The fourth-order valence-corrected chi connectivity index (χ4v) is 3.40. The number of aromatic nitrogens is 2. The number of nitrogens with two attached hydrogens (primary N) is 1. The highest BCUT2D eigenvalue weighted by atomic mass is 19.1. The minimum atomic E-state index is -0.391. The van der Waals surface area contributed by atoms with E-state index >= 15 is 0 Å². The first kappa shape index (κ1) is 21.5. The van der Waals surface area contributed by atoms with E-state index in [2.05, 4.69) is 29.3 Å². The second kappa shape index (κ2) is 9.11. The normalized spacial score (nSPS) is 16.0. The Hall–Kier alpha value is -3.16. The molecule has 0 spiro atoms. The Bertz CT molecular complexity index is 993. The molecule has 2 heterocycles. The van der Waals surface area contributed by atoms with Crippen molar-refractivity contribution >= 4 is 17.4 Å². The molecule has 3 N–H and O–H groups in total. The van der Waals surface area contributed by atoms with Gasteiger partial charge in [-0.1, -0.05) is 6.92 Å². The number of benzene rings is 1. The van der Waals surface area contributed by atoms with Crippen LogP contribution in [0, 0.1) is 5.82 Å². The molecule has 1 aliphatic rings. The number of rotatable bonds is 6. The van der Waals surface area contributed by atoms with Gasteiger partial charge in [0.05, 0.1) is 18.4 Å². The van der Waals surface area contributed by atoms with Crippen LogP contribution in [0.4, 0.5) is 10.1 Å². The molecule has 0 bridgehead atoms. The highest BCUT2D eigenvalue weighted by Gasteiger charge is 2.23. The largest absolute Gasteiger partial charge is 0.385 e. The molecule has 30 heavy (non-hydrogen) atoms. The SMILES string of the molecule is CCC(C)NC1=C(C(N)=Nc2ccc(-c3cnn(C)c3)c(F)c2)CN(C(C)=O)CC1. The van der Waals surface area contributed by atoms with Gasteiger partial charge in [0.15, 0.2) is 0 Å². The number of hydrogen-bond acceptors (Lipinski definition) is 4. The maximum atomic E-state index is 14.7. The molecule has 1 aromatic carbocycles. The Morgan fingerprint density at radius 2 is 2.20 bits per heavy atom. The van der Waals surface area contributed by atoms with Crippen molar-refractivity contribution in [2.45, 2.75) is 39.7 Å². The summed E-state index contributed by atoms with van der Waals surface area (Å²) in [4.78, 5) is 18.1. The first-order chi connectivity index (χ1) is 14.3. The second-order valence-corrected chi connectivity index (χ2v) is 7.67. The summed E-state index contributed by atoms with van der Waals surface area (Å²) >= 11 is 0. The molecule has 1 aromatic heterocycles. The van der Waals surface area contributed by atoms with Gasteiger partial charge in [0.1, 0.15) is 11.7 Å². The average Bonchev–Trinajstić information content (AvgIpc) is 3.14. The molecular weight excluding hydrogens is 383 g/mol. The van der Waals surface area contributed by atoms with Gasteiger partial charge in [-0.15, -0.1) is 0 Å². The standard InChI is InChI=1S/C22H29FN6O/c1-5-14(2)26-21-8-9-29(15(3)30)13-19(21)22(24)27-17-6-7-18(20(23)10-17)16-11-25-28(4)12-16/h6-7,10-12,14,26H,5,8-9,13H2,1-4H3,(H2,24,27). The van der Waals surface area contributed by atoms with Crippen LogP contribution in [0.15, 0.2) is 46.9 Å². The number of aliphatic imine (C=N–C) groups is 1. The quantitative estimate of drug-likeness (QED) is 0.564. The second-order valence-electron chi connectivity index (χ2n) is 7.67. The molecule has 1 aliphatic heterocycles. The molecule has 7 nitrogen and oxygen atoms in total. The molecule has 0 aliphatic carbocycles. The first-order valence-electron chi connectivity index (χ1n) is 10.2. The minimum absolute atomic E-state index is 0.00485. The third kappa shape index (κ3) is 4.87. The Morgan fingerprint density at radius 1 is 1.43 bits per heavy atom. The maximum absolute atomic E-state index is 14.7. The minimum Gasteiger partial charge on any atom is -0.385 e. The summed E-state index contributed by atoms with van der Waals surface area (Å²) in [6, 6.07) is 5.05. The molecule has 0 saturated carbocycles. The van der Waals surface area contributed by atoms with Crippen LogP contribution in [-0.4, -0.2) is 45.6 Å². The molecular formula is C22H29FN6O. The van der Waals surface area contributed by atoms with Gasteiger partial charge in [0.25, 0.3) is 0 Å². The third-order valence-electron chi connectivity index (χ3n) is 5.35. The van der Waals surface area contributed by atoms with Crippen molar-refractivity contribution < 1.29 is 9.18 Å². The van der Waals surface area contributed by atoms with Crippen molar-refractivity contribution in [1.82, 2.24) is 20.0 Å². The smallest absolute Gasteiger partial charge is 0.219 e. The predicted octanol–water partition coefficient (Wildman–Crippen LogP) is 3.11. The fraction of sp³-hybridized carbons (Fsp3) is 0.409. The fourth-order valence-electron chi connectivity index (χ4n) is 3.40. The summed E-state index contributed by atoms with van der Waals surface area (Å²) < 4.78 is 16.3. The molecule has 1 unspecified atom stereocenters. The van der Waals surface area contributed by atoms with E-state index in [0.717, 1.165) is 17.7 Å². The van der Waals surface area contributed by atoms with Gasteiger partial charge in [-0.05, 0) is 25.5 Å². The highest BCUT2D eigenvalue weighted by Crippen LogP contribution is 2.27. The van der Waals surface area contributed by atoms with Gasteiger partial charge in [0, 0.05) is 67.6 Å². The van der Waals surface area contributed by atoms with Crippen LogP contribution in [0.2, 0.25) is 0 Å². The molecule has 1 atom stereocenters. The number of carbonyl (C=O) groups excluding carboxylic acids is 1. The zero-order chi connectivity index (χ0) is 21.8. The summed E-state index contributed by atoms with van der Waals surface area (Å²) in [6.07, 6.45) is 5.02. The summed E-state index contributed by atoms with van der Waals surface area (Å²) in [7, 11) is 1.79. The number of carbonyl (C=O) groups is 1. The number of amides is 1. The highest BCUT2D eigenvalue weighted by molar-refractivity contribution is 6.00. The van der Waals surface area contributed by atoms with Crippen LogP contribution in [0.5, 0.6) is 0 Å². The van der Waals surface area contributed by atoms with Crippen molar-refractivity contribution in [1.29, 1.82) is 0 Å². The Morgan fingerprint density at radius 3 is 2.80 bits per heavy atom. The van der Waals surface area contributed by atoms with Gasteiger partial charge >= 0.3 is 0 Å². The summed E-state index contributed by atoms with van der Waals surface area (Å²) in [5.41, 5.74) is 9.69. The number of hydrogen-bond donors (Lipinski definition) is 2. The van der Waals surface area contributed by atoms with Gasteiger partial charge in [-0.3, -0.25) is 9.48 Å². The monoisotopic (exact) mass is 412 g/mol. The third-order valence-corrected chi connectivity index (χ3v) is 5.35. The van der Waals surface area contributed by atoms with E-state index in [4.69, 9.17) is 5.73 Å². The molecule has 0 radical (unpaired) electrons. The van der Waals surface area contributed by atoms with Crippen molar-refractivity contribution in [2.24, 2.45) is 17.8 Å². The molecule has 8 heteroatoms. The molecule has 0 fully saturated rings. The topological polar surface area (TPSA) is 88.5 Å². The Labute approximate surface area is 176 Å². The zero-order valence-corrected chi connectivity index (χ0v) is 17.9. The van der Waals surface area contributed by atoms with E-state index in [0.29, 0.717) is 42.2 Å². The number of nitrogens with zero attached hydrogens (tertiary/aromatic N) is 4. The maximum Gasteiger partial charge on any atom is 0.219 e. The summed E-state index contributed by atoms with van der Waals surface area (Å²) in [5.74, 6) is -0.104. The van der Waals surface area contributed by atoms with Gasteiger partial charge in [-0.25, -0.2) is 9.38 Å². The van der Waals surface area contributed by atoms with Crippen molar-refractivity contribution in [3.05, 3.63) is 47.7 Å². The lowest BCUT2D eigenvalue weighted by molar-refractivity contribution is -0.128. The van der Waals surface area contributed by atoms with E-state index in [1.54, 1.807) is 48.1 Å². The van der Waals surface area contributed by atoms with Gasteiger partial charge in [-0.2, -0.15) is 5.10 Å². The molecule has 3 rings (SSSR count). The molecule has 0 saturated heterocycles. The number of amidine groups is 1. The van der Waals surface area contributed by atoms with E-state index in [1.165, 1.54) is 6.07 Å². The zero-order valence-electron chi connectivity index (χ0n) is 17.9. The lowest BCUT2D eigenvalue weighted by Gasteiger charge is -2.31. The van der Waals surface area contributed by atoms with Crippen molar-refractivity contribution in [3.63, 3.8) is 0 Å². The number of aryl methyl sites for hydroxylation is 1. The van der Waals surface area contributed by atoms with Gasteiger partial charge in [0.2, 0.25) is 5.91 Å². The van der Waals surface area contributed by atoms with Crippen molar-refractivity contribution in [3.8, 4) is 11.1 Å². The van der Waals surface area contributed by atoms with E-state index in [-0.39, 0.29) is 11.9 Å². The van der Waals surface area contributed by atoms with Crippen LogP contribution >= 0.6 is 0 Å². The van der Waals surface area contributed by atoms with Crippen LogP contribution in [0.3, 0.4) is 0 Å². The van der Waals surface area contributed by atoms with Gasteiger partial charge < -0.3 is 16.0 Å². The van der Waals surface area contributed by atoms with E-state index in [1.807, 2.05) is 0 Å².